The lowest BCUT2D eigenvalue weighted by molar-refractivity contribution is 0.414. The first-order chi connectivity index (χ1) is 15.0. The predicted molar refractivity (Wildman–Crippen MR) is 82.2 cm³/mol. The maximum absolute atomic E-state index is 12.2. The second-order valence-corrected chi connectivity index (χ2v) is 5.67. The first-order valence-electron chi connectivity index (χ1n) is 12.4. The van der Waals surface area contributed by atoms with Crippen LogP contribution >= 0.6 is 0 Å². The number of rotatable bonds is 6. The Bertz CT molecular complexity index is 1170. The monoisotopic (exact) mass is 309 g/mol. The molecule has 0 radical (unpaired) electrons. The zero-order valence-electron chi connectivity index (χ0n) is 24.2. The van der Waals surface area contributed by atoms with Crippen LogP contribution in [0.25, 0.3) is 10.9 Å². The summed E-state index contributed by atoms with van der Waals surface area (Å²) in [5.41, 5.74) is -0.835. The van der Waals surface area contributed by atoms with E-state index >= 15 is 0 Å². The van der Waals surface area contributed by atoms with Gasteiger partial charge in [-0.25, -0.2) is 13.1 Å². The number of nitrogens with one attached hydrogen (secondary N) is 2. The molecule has 110 valence electrons. The van der Waals surface area contributed by atoms with Crippen molar-refractivity contribution in [1.82, 2.24) is 14.6 Å². The van der Waals surface area contributed by atoms with Crippen molar-refractivity contribution in [3.8, 4) is 0 Å². The lowest BCUT2D eigenvalue weighted by Gasteiger charge is -2.08. The van der Waals surface area contributed by atoms with E-state index in [0.717, 1.165) is 6.20 Å². The van der Waals surface area contributed by atoms with Crippen LogP contribution in [0.1, 0.15) is 30.3 Å². The van der Waals surface area contributed by atoms with Gasteiger partial charge in [-0.2, -0.15) is 0 Å². The molecule has 0 fully saturated rings. The molecule has 0 saturated heterocycles. The number of H-pyrrole nitrogens is 1. The average Bonchev–Trinajstić information content (AvgIpc) is 2.94. The molecule has 0 atom stereocenters. The van der Waals surface area contributed by atoms with Crippen molar-refractivity contribution in [2.45, 2.75) is 12.2 Å². The van der Waals surface area contributed by atoms with Crippen molar-refractivity contribution in [3.05, 3.63) is 35.5 Å². The zero-order chi connectivity index (χ0) is 26.7. The number of likely N-dealkylation sites (N-methyl/N-ethyl adjacent to an activating group) is 1. The third kappa shape index (κ3) is 3.59. The van der Waals surface area contributed by atoms with Gasteiger partial charge < -0.3 is 9.88 Å². The van der Waals surface area contributed by atoms with Crippen LogP contribution in [-0.2, 0) is 22.2 Å². The van der Waals surface area contributed by atoms with E-state index in [4.69, 9.17) is 19.2 Å². The predicted octanol–water partition coefficient (Wildman–Crippen LogP) is 1.32. The Morgan fingerprint density at radius 1 is 1.50 bits per heavy atom. The van der Waals surface area contributed by atoms with Gasteiger partial charge in [0.05, 0.1) is 9.87 Å². The Kier molecular flexibility index (Phi) is 1.52. The molecule has 1 heterocycles. The molecule has 2 N–H and O–H groups in total. The fourth-order valence-electron chi connectivity index (χ4n) is 1.63. The van der Waals surface area contributed by atoms with Crippen LogP contribution < -0.4 is 4.72 Å². The summed E-state index contributed by atoms with van der Waals surface area (Å²) in [7, 11) is -4.58. The molecule has 2 rings (SSSR count). The molecule has 0 aliphatic heterocycles. The number of aromatic nitrogens is 1. The number of sulfonamides is 1. The lowest BCUT2D eigenvalue weighted by Crippen LogP contribution is -2.20. The second kappa shape index (κ2) is 5.95. The quantitative estimate of drug-likeness (QED) is 0.846. The summed E-state index contributed by atoms with van der Waals surface area (Å²) in [6, 6.07) is -1.88. The highest BCUT2D eigenvalue weighted by Crippen LogP contribution is 2.21. The molecule has 0 aliphatic carbocycles. The minimum atomic E-state index is -4.58. The van der Waals surface area contributed by atoms with Gasteiger partial charge in [-0.3, -0.25) is 0 Å². The molecule has 0 amide bonds. The maximum atomic E-state index is 12.2. The molecule has 0 aliphatic rings. The van der Waals surface area contributed by atoms with Crippen LogP contribution in [-0.4, -0.2) is 45.7 Å². The standard InChI is InChI=1S/C14H21N3O2S/c1-15-20(18,19)10-11-4-5-14-13(8-11)12(9-16-14)6-7-17(2)3/h4-5,8-9,15-16H,6-7,10H2,1-3H3/i1D3,2D3,3D3,4D,5D,7D2,8D. The largest absolute Gasteiger partial charge is 0.361 e. The van der Waals surface area contributed by atoms with E-state index in [9.17, 15) is 8.42 Å². The van der Waals surface area contributed by atoms with E-state index in [1.807, 2.05) is 0 Å². The molecule has 2 aromatic rings. The number of fused-ring (bicyclic) bond motifs is 1. The van der Waals surface area contributed by atoms with E-state index in [0.29, 0.717) is 0 Å². The summed E-state index contributed by atoms with van der Waals surface area (Å²) in [6.07, 6.45) is 0.223. The summed E-state index contributed by atoms with van der Waals surface area (Å²) >= 11 is 0. The van der Waals surface area contributed by atoms with Crippen molar-refractivity contribution < 1.29 is 27.6 Å². The van der Waals surface area contributed by atoms with Gasteiger partial charge >= 0.3 is 0 Å². The summed E-state index contributed by atoms with van der Waals surface area (Å²) in [5.74, 6) is -1.14. The van der Waals surface area contributed by atoms with Gasteiger partial charge in [0.25, 0.3) is 0 Å². The number of aryl methyl sites for hydroxylation is 1. The summed E-state index contributed by atoms with van der Waals surface area (Å²) in [4.78, 5) is 2.28. The zero-order valence-corrected chi connectivity index (χ0v) is 11.0. The van der Waals surface area contributed by atoms with Crippen LogP contribution in [0, 0.1) is 0 Å². The molecule has 20 heavy (non-hydrogen) atoms. The van der Waals surface area contributed by atoms with Crippen LogP contribution in [0.4, 0.5) is 0 Å². The Balaban J connectivity index is 2.66. The van der Waals surface area contributed by atoms with E-state index < -0.39 is 73.3 Å². The van der Waals surface area contributed by atoms with E-state index in [1.165, 1.54) is 4.72 Å². The van der Waals surface area contributed by atoms with Gasteiger partial charge in [-0.1, -0.05) is 6.04 Å². The van der Waals surface area contributed by atoms with Crippen molar-refractivity contribution in [2.24, 2.45) is 0 Å². The smallest absolute Gasteiger partial charge is 0.215 e. The Morgan fingerprint density at radius 2 is 2.35 bits per heavy atom. The van der Waals surface area contributed by atoms with E-state index in [-0.39, 0.29) is 21.4 Å². The Labute approximate surface area is 139 Å². The van der Waals surface area contributed by atoms with Crippen LogP contribution in [0.5, 0.6) is 0 Å². The van der Waals surface area contributed by atoms with Crippen molar-refractivity contribution in [2.75, 3.05) is 27.4 Å². The third-order valence-corrected chi connectivity index (χ3v) is 3.47. The van der Waals surface area contributed by atoms with Crippen molar-refractivity contribution in [3.63, 3.8) is 0 Å². The van der Waals surface area contributed by atoms with Crippen molar-refractivity contribution >= 4 is 20.9 Å². The minimum absolute atomic E-state index is 0.139. The lowest BCUT2D eigenvalue weighted by atomic mass is 10.1. The van der Waals surface area contributed by atoms with Gasteiger partial charge in [0.1, 0.15) is 0 Å². The van der Waals surface area contributed by atoms with Gasteiger partial charge in [0.2, 0.25) is 10.0 Å². The molecule has 5 nitrogen and oxygen atoms in total. The normalized spacial score (nSPS) is 25.2. The average molecular weight is 309 g/mol. The Morgan fingerprint density at radius 3 is 3.10 bits per heavy atom. The fraction of sp³-hybridized carbons (Fsp3) is 0.429. The summed E-state index contributed by atoms with van der Waals surface area (Å²) in [6.45, 7) is -12.8. The van der Waals surface area contributed by atoms with Gasteiger partial charge in [0, 0.05) is 38.7 Å². The highest BCUT2D eigenvalue weighted by Gasteiger charge is 2.11. The highest BCUT2D eigenvalue weighted by atomic mass is 32.2. The van der Waals surface area contributed by atoms with Crippen LogP contribution in [0.15, 0.2) is 24.3 Å². The number of hydrogen-bond acceptors (Lipinski definition) is 3. The summed E-state index contributed by atoms with van der Waals surface area (Å²) in [5, 5.41) is -0.222. The number of aromatic amines is 1. The first-order valence-corrected chi connectivity index (χ1v) is 7.04. The van der Waals surface area contributed by atoms with Crippen molar-refractivity contribution in [1.29, 1.82) is 0 Å². The number of benzene rings is 1. The second-order valence-electron chi connectivity index (χ2n) is 3.95. The molecule has 6 heteroatoms. The molecule has 0 spiro atoms. The molecule has 1 aromatic heterocycles. The van der Waals surface area contributed by atoms with E-state index in [1.54, 1.807) is 0 Å². The summed E-state index contributed by atoms with van der Waals surface area (Å²) < 4.78 is 133. The molecular weight excluding hydrogens is 274 g/mol. The maximum Gasteiger partial charge on any atom is 0.215 e. The minimum Gasteiger partial charge on any atom is -0.361 e. The first kappa shape index (κ1) is 5.12. The fourth-order valence-corrected chi connectivity index (χ4v) is 2.22. The SMILES string of the molecule is [2H]c1c(CS(=O)(=O)NC([2H])([2H])[2H])c([2H])c2c(CC([2H])([2H])N(C([2H])([2H])[2H])C([2H])([2H])[2H])c[nH]c2c1[2H]. The Hall–Kier alpha value is -1.37. The number of nitrogens with zero attached hydrogens (tertiary/aromatic N) is 1. The molecule has 0 saturated carbocycles. The highest BCUT2D eigenvalue weighted by molar-refractivity contribution is 7.88. The van der Waals surface area contributed by atoms with Crippen LogP contribution in [0.2, 0.25) is 0 Å². The van der Waals surface area contributed by atoms with Gasteiger partial charge in [-0.15, -0.1) is 0 Å². The van der Waals surface area contributed by atoms with Crippen LogP contribution in [0.3, 0.4) is 0 Å². The molecular formula is C14H21N3O2S. The van der Waals surface area contributed by atoms with E-state index in [2.05, 4.69) is 4.98 Å². The molecule has 0 bridgehead atoms. The number of hydrogen-bond donors (Lipinski definition) is 2. The van der Waals surface area contributed by atoms with Gasteiger partial charge in [-0.05, 0) is 50.6 Å². The van der Waals surface area contributed by atoms with Gasteiger partial charge in [0.15, 0.2) is 0 Å². The molecule has 1 aromatic carbocycles. The molecule has 0 unspecified atom stereocenters. The topological polar surface area (TPSA) is 65.2 Å². The third-order valence-electron chi connectivity index (χ3n) is 2.49.